The third-order valence-electron chi connectivity index (χ3n) is 14.6. The van der Waals surface area contributed by atoms with Gasteiger partial charge in [0.15, 0.2) is 0 Å². The Morgan fingerprint density at radius 2 is 1.10 bits per heavy atom. The fourth-order valence-electron chi connectivity index (χ4n) is 10.6. The molecule has 356 valence electrons. The number of benzene rings is 7. The van der Waals surface area contributed by atoms with E-state index in [1.54, 1.807) is 0 Å². The highest BCUT2D eigenvalue weighted by atomic mass is 16.5. The molecule has 1 aliphatic rings. The lowest BCUT2D eigenvalue weighted by Gasteiger charge is -2.30. The second-order valence-electron chi connectivity index (χ2n) is 22.5. The molecule has 0 saturated heterocycles. The van der Waals surface area contributed by atoms with Crippen molar-refractivity contribution in [1.82, 2.24) is 19.1 Å². The summed E-state index contributed by atoms with van der Waals surface area (Å²) >= 11 is 0. The predicted octanol–water partition coefficient (Wildman–Crippen LogP) is 17.3. The summed E-state index contributed by atoms with van der Waals surface area (Å²) in [5, 5.41) is 4.75. The highest BCUT2D eigenvalue weighted by Gasteiger charge is 2.33. The first kappa shape index (κ1) is 45.0. The molecule has 0 radical (unpaired) electrons. The monoisotopic (exact) mass is 940 g/mol. The van der Waals surface area contributed by atoms with Gasteiger partial charge in [-0.1, -0.05) is 129 Å². The number of nitrogens with zero attached hydrogens (tertiary/aromatic N) is 6. The minimum absolute atomic E-state index is 0.0342. The average Bonchev–Trinajstić information content (AvgIpc) is 4.04. The van der Waals surface area contributed by atoms with Crippen molar-refractivity contribution in [2.75, 3.05) is 16.5 Å². The molecular weight excluding hydrogens is 881 g/mol. The minimum Gasteiger partial charge on any atom is -0.457 e. The Hall–Kier alpha value is -8.16. The van der Waals surface area contributed by atoms with E-state index in [9.17, 15) is 0 Å². The van der Waals surface area contributed by atoms with Gasteiger partial charge in [-0.05, 0) is 124 Å². The first-order chi connectivity index (χ1) is 34.6. The lowest BCUT2D eigenvalue weighted by Crippen LogP contribution is -2.25. The molecule has 1 aliphatic heterocycles. The average molecular weight is 941 g/mol. The Morgan fingerprint density at radius 1 is 0.431 bits per heavy atom. The van der Waals surface area contributed by atoms with E-state index >= 15 is 0 Å². The Labute approximate surface area is 422 Å². The molecule has 0 saturated carbocycles. The number of para-hydroxylation sites is 3. The number of hydrogen-bond donors (Lipinski definition) is 0. The van der Waals surface area contributed by atoms with E-state index < -0.39 is 0 Å². The van der Waals surface area contributed by atoms with Crippen LogP contribution < -0.4 is 14.5 Å². The SMILES string of the molecule is CC(C)(C)c1cc(N2CN(c3cccc(Oc4ccc5c6cc(-n7c8ccccc8c8ccccc87)ccc6n(-c6cc(C(C)(C)C)ccn6)c5c4)c3)c3cccc(-c4cccnc4)c32)cc(C(C)(C)C)c1. The Bertz CT molecular complexity index is 3810. The molecular formula is C65H60N6O. The van der Waals surface area contributed by atoms with Gasteiger partial charge >= 0.3 is 0 Å². The van der Waals surface area contributed by atoms with Gasteiger partial charge < -0.3 is 19.1 Å². The number of hydrogen-bond acceptors (Lipinski definition) is 5. The van der Waals surface area contributed by atoms with Crippen LogP contribution in [0.25, 0.3) is 66.2 Å². The molecule has 0 N–H and O–H groups in total. The molecule has 7 aromatic carbocycles. The van der Waals surface area contributed by atoms with Gasteiger partial charge in [-0.25, -0.2) is 4.98 Å². The molecule has 0 unspecified atom stereocenters. The standard InChI is InChI=1S/C65H60N6O/c1-63(2,3)43-30-32-67-61(36-43)71-58-29-26-47(70-56-23-12-10-20-52(56)53-21-11-13-24-57(53)70)38-55(58)54-28-27-50(39-60(54)71)72-49-19-14-18-46(37-49)68-41-69(48-34-44(64(4,5)6)33-45(35-48)65(7,8)9)62-51(22-15-25-59(62)68)42-17-16-31-66-40-42/h10-40H,41H2,1-9H3. The van der Waals surface area contributed by atoms with Crippen molar-refractivity contribution >= 4 is 66.4 Å². The number of fused-ring (bicyclic) bond motifs is 7. The van der Waals surface area contributed by atoms with Gasteiger partial charge in [0.2, 0.25) is 0 Å². The number of ether oxygens (including phenoxy) is 1. The van der Waals surface area contributed by atoms with Crippen LogP contribution in [0.15, 0.2) is 188 Å². The normalized spacial score (nSPS) is 13.2. The number of rotatable bonds is 7. The Balaban J connectivity index is 0.968. The molecule has 0 fully saturated rings. The fourth-order valence-corrected chi connectivity index (χ4v) is 10.6. The highest BCUT2D eigenvalue weighted by molar-refractivity contribution is 6.12. The summed E-state index contributed by atoms with van der Waals surface area (Å²) in [5.41, 5.74) is 16.0. The smallest absolute Gasteiger partial charge is 0.137 e. The third kappa shape index (κ3) is 7.75. The van der Waals surface area contributed by atoms with Crippen LogP contribution in [0.4, 0.5) is 22.7 Å². The van der Waals surface area contributed by atoms with Gasteiger partial charge in [0, 0.05) is 80.5 Å². The van der Waals surface area contributed by atoms with Gasteiger partial charge in [0.1, 0.15) is 24.0 Å². The number of aromatic nitrogens is 4. The minimum atomic E-state index is -0.0571. The Morgan fingerprint density at radius 3 is 1.79 bits per heavy atom. The second-order valence-corrected chi connectivity index (χ2v) is 22.5. The van der Waals surface area contributed by atoms with E-state index in [-0.39, 0.29) is 16.2 Å². The number of anilines is 4. The lowest BCUT2D eigenvalue weighted by molar-refractivity contribution is 0.483. The summed E-state index contributed by atoms with van der Waals surface area (Å²) in [6.45, 7) is 21.2. The van der Waals surface area contributed by atoms with Gasteiger partial charge in [-0.2, -0.15) is 0 Å². The molecule has 4 aromatic heterocycles. The fraction of sp³-hybridized carbons (Fsp3) is 0.200. The van der Waals surface area contributed by atoms with Crippen LogP contribution in [-0.2, 0) is 16.2 Å². The molecule has 0 atom stereocenters. The van der Waals surface area contributed by atoms with Crippen LogP contribution in [0.1, 0.15) is 79.0 Å². The highest BCUT2D eigenvalue weighted by Crippen LogP contribution is 2.51. The van der Waals surface area contributed by atoms with E-state index in [0.29, 0.717) is 6.67 Å². The maximum Gasteiger partial charge on any atom is 0.137 e. The molecule has 5 heterocycles. The maximum absolute atomic E-state index is 6.94. The third-order valence-corrected chi connectivity index (χ3v) is 14.6. The summed E-state index contributed by atoms with van der Waals surface area (Å²) in [5.74, 6) is 2.37. The molecule has 0 bridgehead atoms. The van der Waals surface area contributed by atoms with E-state index in [0.717, 1.165) is 73.0 Å². The van der Waals surface area contributed by atoms with E-state index in [2.05, 4.69) is 250 Å². The van der Waals surface area contributed by atoms with Crippen LogP contribution in [0, 0.1) is 0 Å². The van der Waals surface area contributed by atoms with Crippen LogP contribution in [-0.4, -0.2) is 25.8 Å². The van der Waals surface area contributed by atoms with E-state index in [4.69, 9.17) is 9.72 Å². The lowest BCUT2D eigenvalue weighted by atomic mass is 9.80. The quantitative estimate of drug-likeness (QED) is 0.159. The zero-order valence-electron chi connectivity index (χ0n) is 42.7. The van der Waals surface area contributed by atoms with Crippen LogP contribution in [0.2, 0.25) is 0 Å². The first-order valence-electron chi connectivity index (χ1n) is 25.1. The van der Waals surface area contributed by atoms with Crippen molar-refractivity contribution in [2.24, 2.45) is 0 Å². The summed E-state index contributed by atoms with van der Waals surface area (Å²) in [6, 6.07) is 61.5. The van der Waals surface area contributed by atoms with E-state index in [1.807, 2.05) is 24.7 Å². The van der Waals surface area contributed by atoms with Crippen molar-refractivity contribution in [3.63, 3.8) is 0 Å². The van der Waals surface area contributed by atoms with Crippen molar-refractivity contribution < 1.29 is 4.74 Å². The summed E-state index contributed by atoms with van der Waals surface area (Å²) < 4.78 is 11.6. The zero-order chi connectivity index (χ0) is 49.7. The number of pyridine rings is 2. The molecule has 72 heavy (non-hydrogen) atoms. The summed E-state index contributed by atoms with van der Waals surface area (Å²) in [4.78, 5) is 14.5. The van der Waals surface area contributed by atoms with Crippen LogP contribution >= 0.6 is 0 Å². The van der Waals surface area contributed by atoms with Gasteiger partial charge in [0.25, 0.3) is 0 Å². The van der Waals surface area contributed by atoms with Crippen molar-refractivity contribution in [3.05, 3.63) is 205 Å². The molecule has 7 nitrogen and oxygen atoms in total. The molecule has 12 rings (SSSR count). The maximum atomic E-state index is 6.94. The van der Waals surface area contributed by atoms with Crippen molar-refractivity contribution in [3.8, 4) is 34.1 Å². The largest absolute Gasteiger partial charge is 0.457 e. The zero-order valence-corrected chi connectivity index (χ0v) is 42.7. The summed E-state index contributed by atoms with van der Waals surface area (Å²) in [6.07, 6.45) is 5.75. The molecule has 7 heteroatoms. The molecule has 11 aromatic rings. The van der Waals surface area contributed by atoms with Crippen molar-refractivity contribution in [1.29, 1.82) is 0 Å². The van der Waals surface area contributed by atoms with Gasteiger partial charge in [-0.3, -0.25) is 9.55 Å². The van der Waals surface area contributed by atoms with Gasteiger partial charge in [-0.15, -0.1) is 0 Å². The predicted molar refractivity (Wildman–Crippen MR) is 301 cm³/mol. The van der Waals surface area contributed by atoms with Gasteiger partial charge in [0.05, 0.1) is 33.4 Å². The van der Waals surface area contributed by atoms with Crippen LogP contribution in [0.5, 0.6) is 11.5 Å². The Kier molecular flexibility index (Phi) is 10.5. The topological polar surface area (TPSA) is 51.4 Å². The van der Waals surface area contributed by atoms with Crippen LogP contribution in [0.3, 0.4) is 0 Å². The summed E-state index contributed by atoms with van der Waals surface area (Å²) in [7, 11) is 0. The van der Waals surface area contributed by atoms with E-state index in [1.165, 1.54) is 44.2 Å². The second kappa shape index (κ2) is 16.7. The molecule has 0 amide bonds. The first-order valence-corrected chi connectivity index (χ1v) is 25.1. The molecule has 0 spiro atoms. The molecule has 0 aliphatic carbocycles. The van der Waals surface area contributed by atoms with Crippen molar-refractivity contribution in [2.45, 2.75) is 78.6 Å².